The summed E-state index contributed by atoms with van der Waals surface area (Å²) in [5.41, 5.74) is 0.378. The second-order valence-electron chi connectivity index (χ2n) is 6.52. The molecule has 1 saturated carbocycles. The number of likely N-dealkylation sites (tertiary alicyclic amines) is 1. The van der Waals surface area contributed by atoms with Crippen LogP contribution in [0.5, 0.6) is 0 Å². The van der Waals surface area contributed by atoms with E-state index in [0.29, 0.717) is 11.7 Å². The van der Waals surface area contributed by atoms with Gasteiger partial charge in [-0.1, -0.05) is 19.8 Å². The molecular formula is C17H23FN2O. The summed E-state index contributed by atoms with van der Waals surface area (Å²) >= 11 is 0. The number of rotatable bonds is 4. The molecule has 1 aromatic heterocycles. The standard InChI is InChI=1S/C17H23FN2O/c1-12(17(21)15-7-6-14(18)10-19-15)11-20-9-8-13-4-2-3-5-16(13)20/h6-7,10,12-13,16H,2-5,8-9,11H2,1H3. The van der Waals surface area contributed by atoms with Gasteiger partial charge in [-0.05, 0) is 43.9 Å². The molecule has 0 aromatic carbocycles. The molecule has 1 aliphatic heterocycles. The number of nitrogens with zero attached hydrogens (tertiary/aromatic N) is 2. The number of aromatic nitrogens is 1. The van der Waals surface area contributed by atoms with Crippen LogP contribution in [0.25, 0.3) is 0 Å². The third-order valence-corrected chi connectivity index (χ3v) is 5.06. The molecule has 2 aliphatic rings. The van der Waals surface area contributed by atoms with Crippen molar-refractivity contribution in [1.29, 1.82) is 0 Å². The largest absolute Gasteiger partial charge is 0.299 e. The van der Waals surface area contributed by atoms with Crippen LogP contribution in [0.15, 0.2) is 18.3 Å². The Morgan fingerprint density at radius 1 is 1.38 bits per heavy atom. The zero-order chi connectivity index (χ0) is 14.8. The first-order valence-corrected chi connectivity index (χ1v) is 8.05. The molecule has 3 unspecified atom stereocenters. The number of fused-ring (bicyclic) bond motifs is 1. The minimum atomic E-state index is -0.399. The van der Waals surface area contributed by atoms with Gasteiger partial charge in [-0.25, -0.2) is 4.39 Å². The normalized spacial score (nSPS) is 27.3. The fourth-order valence-electron chi connectivity index (χ4n) is 3.94. The minimum absolute atomic E-state index is 0.0225. The molecule has 1 aromatic rings. The fourth-order valence-corrected chi connectivity index (χ4v) is 3.94. The predicted molar refractivity (Wildman–Crippen MR) is 79.6 cm³/mol. The van der Waals surface area contributed by atoms with Gasteiger partial charge in [-0.15, -0.1) is 0 Å². The van der Waals surface area contributed by atoms with Crippen LogP contribution >= 0.6 is 0 Å². The highest BCUT2D eigenvalue weighted by atomic mass is 19.1. The lowest BCUT2D eigenvalue weighted by atomic mass is 9.85. The van der Waals surface area contributed by atoms with Crippen LogP contribution in [0.2, 0.25) is 0 Å². The molecule has 3 atom stereocenters. The average Bonchev–Trinajstić information content (AvgIpc) is 2.91. The zero-order valence-electron chi connectivity index (χ0n) is 12.6. The van der Waals surface area contributed by atoms with Gasteiger partial charge in [0.2, 0.25) is 0 Å². The number of pyridine rings is 1. The Morgan fingerprint density at radius 2 is 2.19 bits per heavy atom. The lowest BCUT2D eigenvalue weighted by molar-refractivity contribution is 0.0864. The van der Waals surface area contributed by atoms with E-state index in [1.54, 1.807) is 0 Å². The Kier molecular flexibility index (Phi) is 4.34. The lowest BCUT2D eigenvalue weighted by Crippen LogP contribution is -2.39. The van der Waals surface area contributed by atoms with Gasteiger partial charge in [0.1, 0.15) is 11.5 Å². The van der Waals surface area contributed by atoms with Crippen LogP contribution in [0, 0.1) is 17.7 Å². The molecule has 0 radical (unpaired) electrons. The summed E-state index contributed by atoms with van der Waals surface area (Å²) in [6.07, 6.45) is 7.71. The first kappa shape index (κ1) is 14.6. The second kappa shape index (κ2) is 6.22. The van der Waals surface area contributed by atoms with Gasteiger partial charge in [0.25, 0.3) is 0 Å². The van der Waals surface area contributed by atoms with Gasteiger partial charge >= 0.3 is 0 Å². The van der Waals surface area contributed by atoms with Crippen molar-refractivity contribution in [3.63, 3.8) is 0 Å². The van der Waals surface area contributed by atoms with Crippen molar-refractivity contribution in [3.05, 3.63) is 29.8 Å². The Bertz CT molecular complexity index is 502. The van der Waals surface area contributed by atoms with E-state index in [-0.39, 0.29) is 11.7 Å². The monoisotopic (exact) mass is 290 g/mol. The molecule has 0 bridgehead atoms. The molecule has 0 amide bonds. The molecule has 3 nitrogen and oxygen atoms in total. The number of hydrogen-bond donors (Lipinski definition) is 0. The van der Waals surface area contributed by atoms with Crippen LogP contribution in [-0.4, -0.2) is 34.8 Å². The van der Waals surface area contributed by atoms with E-state index in [1.807, 2.05) is 6.92 Å². The molecule has 4 heteroatoms. The summed E-state index contributed by atoms with van der Waals surface area (Å²) in [6, 6.07) is 3.47. The number of carbonyl (C=O) groups excluding carboxylic acids is 1. The van der Waals surface area contributed by atoms with E-state index in [9.17, 15) is 9.18 Å². The maximum atomic E-state index is 12.9. The first-order chi connectivity index (χ1) is 10.1. The molecule has 0 spiro atoms. The summed E-state index contributed by atoms with van der Waals surface area (Å²) in [7, 11) is 0. The van der Waals surface area contributed by atoms with Crippen molar-refractivity contribution in [2.24, 2.45) is 11.8 Å². The van der Waals surface area contributed by atoms with Crippen molar-refractivity contribution in [2.75, 3.05) is 13.1 Å². The van der Waals surface area contributed by atoms with Crippen molar-refractivity contribution >= 4 is 5.78 Å². The van der Waals surface area contributed by atoms with E-state index in [1.165, 1.54) is 44.2 Å². The molecule has 1 saturated heterocycles. The van der Waals surface area contributed by atoms with E-state index in [0.717, 1.165) is 25.2 Å². The molecule has 1 aliphatic carbocycles. The second-order valence-corrected chi connectivity index (χ2v) is 6.52. The van der Waals surface area contributed by atoms with Crippen LogP contribution in [0.3, 0.4) is 0 Å². The van der Waals surface area contributed by atoms with Crippen molar-refractivity contribution in [2.45, 2.75) is 45.1 Å². The topological polar surface area (TPSA) is 33.2 Å². The third-order valence-electron chi connectivity index (χ3n) is 5.06. The Morgan fingerprint density at radius 3 is 2.95 bits per heavy atom. The van der Waals surface area contributed by atoms with Crippen molar-refractivity contribution < 1.29 is 9.18 Å². The lowest BCUT2D eigenvalue weighted by Gasteiger charge is -2.32. The van der Waals surface area contributed by atoms with Gasteiger partial charge in [-0.2, -0.15) is 0 Å². The number of Topliss-reactive ketones (excluding diaryl/α,β-unsaturated/α-hetero) is 1. The molecular weight excluding hydrogens is 267 g/mol. The van der Waals surface area contributed by atoms with E-state index in [4.69, 9.17) is 0 Å². The number of ketones is 1. The highest BCUT2D eigenvalue weighted by Gasteiger charge is 2.36. The Balaban J connectivity index is 1.62. The Hall–Kier alpha value is -1.29. The average molecular weight is 290 g/mol. The highest BCUT2D eigenvalue weighted by molar-refractivity contribution is 5.95. The summed E-state index contributed by atoms with van der Waals surface area (Å²) < 4.78 is 12.9. The van der Waals surface area contributed by atoms with Gasteiger partial charge in [0, 0.05) is 18.5 Å². The molecule has 3 rings (SSSR count). The maximum Gasteiger partial charge on any atom is 0.185 e. The Labute approximate surface area is 125 Å². The molecule has 0 N–H and O–H groups in total. The first-order valence-electron chi connectivity index (χ1n) is 8.05. The molecule has 21 heavy (non-hydrogen) atoms. The van der Waals surface area contributed by atoms with Crippen molar-refractivity contribution in [1.82, 2.24) is 9.88 Å². The van der Waals surface area contributed by atoms with Crippen LogP contribution in [-0.2, 0) is 0 Å². The van der Waals surface area contributed by atoms with Crippen LogP contribution in [0.1, 0.15) is 49.5 Å². The van der Waals surface area contributed by atoms with Crippen molar-refractivity contribution in [3.8, 4) is 0 Å². The predicted octanol–water partition coefficient (Wildman–Crippen LogP) is 3.30. The van der Waals surface area contributed by atoms with E-state index >= 15 is 0 Å². The summed E-state index contributed by atoms with van der Waals surface area (Å²) in [4.78, 5) is 18.8. The van der Waals surface area contributed by atoms with E-state index in [2.05, 4.69) is 9.88 Å². The van der Waals surface area contributed by atoms with Gasteiger partial charge in [-0.3, -0.25) is 14.7 Å². The van der Waals surface area contributed by atoms with Gasteiger partial charge in [0.15, 0.2) is 5.78 Å². The SMILES string of the molecule is CC(CN1CCC2CCCCC21)C(=O)c1ccc(F)cn1. The number of halogens is 1. The highest BCUT2D eigenvalue weighted by Crippen LogP contribution is 2.36. The number of hydrogen-bond acceptors (Lipinski definition) is 3. The van der Waals surface area contributed by atoms with Gasteiger partial charge < -0.3 is 0 Å². The summed E-state index contributed by atoms with van der Waals surface area (Å²) in [6.45, 7) is 3.88. The quantitative estimate of drug-likeness (QED) is 0.798. The smallest absolute Gasteiger partial charge is 0.185 e. The fraction of sp³-hybridized carbons (Fsp3) is 0.647. The third kappa shape index (κ3) is 3.15. The van der Waals surface area contributed by atoms with E-state index < -0.39 is 5.82 Å². The maximum absolute atomic E-state index is 12.9. The molecule has 2 heterocycles. The minimum Gasteiger partial charge on any atom is -0.299 e. The summed E-state index contributed by atoms with van der Waals surface area (Å²) in [5, 5.41) is 0. The molecule has 2 fully saturated rings. The summed E-state index contributed by atoms with van der Waals surface area (Å²) in [5.74, 6) is 0.381. The van der Waals surface area contributed by atoms with Crippen LogP contribution < -0.4 is 0 Å². The number of carbonyl (C=O) groups is 1. The molecule has 114 valence electrons. The van der Waals surface area contributed by atoms with Crippen LogP contribution in [0.4, 0.5) is 4.39 Å². The van der Waals surface area contributed by atoms with Gasteiger partial charge in [0.05, 0.1) is 6.20 Å². The zero-order valence-corrected chi connectivity index (χ0v) is 12.6.